The van der Waals surface area contributed by atoms with Crippen molar-refractivity contribution in [1.82, 2.24) is 0 Å². The summed E-state index contributed by atoms with van der Waals surface area (Å²) in [5, 5.41) is 0. The fourth-order valence-corrected chi connectivity index (χ4v) is 3.46. The summed E-state index contributed by atoms with van der Waals surface area (Å²) in [5.41, 5.74) is 0. The number of hydrogen-bond acceptors (Lipinski definition) is 6. The predicted octanol–water partition coefficient (Wildman–Crippen LogP) is 6.24. The Bertz CT molecular complexity index is 141. The van der Waals surface area contributed by atoms with E-state index in [1.165, 1.54) is 0 Å². The van der Waals surface area contributed by atoms with Crippen molar-refractivity contribution in [3.05, 3.63) is 50.6 Å². The van der Waals surface area contributed by atoms with E-state index in [4.69, 9.17) is 0 Å². The molecule has 0 aliphatic heterocycles. The van der Waals surface area contributed by atoms with Gasteiger partial charge in [0.25, 0.3) is 0 Å². The Morgan fingerprint density at radius 3 is 0.833 bits per heavy atom. The van der Waals surface area contributed by atoms with Crippen molar-refractivity contribution in [1.29, 1.82) is 0 Å². The van der Waals surface area contributed by atoms with Gasteiger partial charge in [-0.1, -0.05) is 67.5 Å². The van der Waals surface area contributed by atoms with Crippen LogP contribution in [0.25, 0.3) is 0 Å². The van der Waals surface area contributed by atoms with Crippen molar-refractivity contribution >= 4 is 66.5 Å². The van der Waals surface area contributed by atoms with Crippen molar-refractivity contribution < 1.29 is 0 Å². The Hall–Kier alpha value is 1.06. The second-order valence-corrected chi connectivity index (χ2v) is 7.40. The van der Waals surface area contributed by atoms with Crippen LogP contribution in [0.3, 0.4) is 0 Å². The standard InChI is InChI=1S/2C6H10S2.H2S2/c2*1-3-5-7-8-6-4-2;1-2/h2*3-4H,1-2,5-6H2;1-2H. The van der Waals surface area contributed by atoms with E-state index in [2.05, 4.69) is 49.6 Å². The first-order valence-corrected chi connectivity index (χ1v) is 11.5. The summed E-state index contributed by atoms with van der Waals surface area (Å²) in [6.07, 6.45) is 7.61. The molecular formula is C12H22S6. The van der Waals surface area contributed by atoms with Crippen LogP contribution in [0.1, 0.15) is 0 Å². The van der Waals surface area contributed by atoms with Crippen LogP contribution in [0.2, 0.25) is 0 Å². The largest absolute Gasteiger partial charge is 0.115 e. The van der Waals surface area contributed by atoms with Crippen LogP contribution in [0, 0.1) is 0 Å². The first kappa shape index (κ1) is 24.1. The van der Waals surface area contributed by atoms with Crippen LogP contribution in [-0.2, 0) is 0 Å². The Morgan fingerprint density at radius 2 is 0.722 bits per heavy atom. The van der Waals surface area contributed by atoms with Gasteiger partial charge in [-0.3, -0.25) is 0 Å². The molecule has 0 aromatic heterocycles. The zero-order chi connectivity index (χ0) is 14.5. The Morgan fingerprint density at radius 1 is 0.556 bits per heavy atom. The van der Waals surface area contributed by atoms with Crippen LogP contribution in [0.5, 0.6) is 0 Å². The fourth-order valence-electron chi connectivity index (χ4n) is 0.385. The van der Waals surface area contributed by atoms with Gasteiger partial charge in [-0.2, -0.15) is 0 Å². The van der Waals surface area contributed by atoms with Gasteiger partial charge in [0.05, 0.1) is 0 Å². The van der Waals surface area contributed by atoms with E-state index < -0.39 is 0 Å². The number of rotatable bonds is 10. The normalized spacial score (nSPS) is 7.89. The van der Waals surface area contributed by atoms with Crippen molar-refractivity contribution in [2.24, 2.45) is 0 Å². The summed E-state index contributed by atoms with van der Waals surface area (Å²) in [5.74, 6) is 4.11. The summed E-state index contributed by atoms with van der Waals surface area (Å²) < 4.78 is 0. The lowest BCUT2D eigenvalue weighted by Crippen LogP contribution is -1.64. The molecule has 0 radical (unpaired) electrons. The Kier molecular flexibility index (Phi) is 41.3. The molecule has 0 aliphatic carbocycles. The second kappa shape index (κ2) is 30.8. The van der Waals surface area contributed by atoms with E-state index in [1.54, 1.807) is 43.2 Å². The third-order valence-electron chi connectivity index (χ3n) is 0.910. The SMILES string of the molecule is C=CCSSCC=C.C=CCSSCC=C.SS. The summed E-state index contributed by atoms with van der Waals surface area (Å²) in [6, 6.07) is 0. The Balaban J connectivity index is -0.000000219. The van der Waals surface area contributed by atoms with Gasteiger partial charge in [0.2, 0.25) is 0 Å². The Labute approximate surface area is 139 Å². The molecule has 0 saturated heterocycles. The average Bonchev–Trinajstić information content (AvgIpc) is 2.43. The highest BCUT2D eigenvalue weighted by Crippen LogP contribution is 2.20. The first-order chi connectivity index (χ1) is 8.83. The fraction of sp³-hybridized carbons (Fsp3) is 0.333. The molecule has 0 aliphatic rings. The van der Waals surface area contributed by atoms with E-state index in [9.17, 15) is 0 Å². The molecule has 106 valence electrons. The number of hydrogen-bond donors (Lipinski definition) is 2. The second-order valence-electron chi connectivity index (χ2n) is 2.29. The minimum atomic E-state index is 1.03. The third kappa shape index (κ3) is 36.0. The molecule has 0 fully saturated rings. The van der Waals surface area contributed by atoms with Crippen LogP contribution >= 0.6 is 66.5 Å². The lowest BCUT2D eigenvalue weighted by Gasteiger charge is -1.89. The van der Waals surface area contributed by atoms with Crippen molar-refractivity contribution in [3.63, 3.8) is 0 Å². The molecule has 18 heavy (non-hydrogen) atoms. The van der Waals surface area contributed by atoms with Gasteiger partial charge >= 0.3 is 0 Å². The molecule has 6 heteroatoms. The van der Waals surface area contributed by atoms with Gasteiger partial charge in [0, 0.05) is 23.0 Å². The highest BCUT2D eigenvalue weighted by Gasteiger charge is 1.80. The topological polar surface area (TPSA) is 0 Å². The molecule has 0 amide bonds. The molecule has 0 nitrogen and oxygen atoms in total. The maximum Gasteiger partial charge on any atom is 0.0215 e. The van der Waals surface area contributed by atoms with Crippen molar-refractivity contribution in [2.75, 3.05) is 23.0 Å². The summed E-state index contributed by atoms with van der Waals surface area (Å²) in [6.45, 7) is 14.4. The smallest absolute Gasteiger partial charge is 0.0215 e. The lowest BCUT2D eigenvalue weighted by molar-refractivity contribution is 1.83. The summed E-state index contributed by atoms with van der Waals surface area (Å²) in [7, 11) is 7.22. The highest BCUT2D eigenvalue weighted by molar-refractivity contribution is 8.77. The minimum Gasteiger partial charge on any atom is -0.115 e. The molecule has 0 rings (SSSR count). The van der Waals surface area contributed by atoms with Crippen molar-refractivity contribution in [3.8, 4) is 0 Å². The molecule has 0 aromatic rings. The van der Waals surface area contributed by atoms with E-state index in [-0.39, 0.29) is 0 Å². The quantitative estimate of drug-likeness (QED) is 0.205. The van der Waals surface area contributed by atoms with Crippen LogP contribution in [-0.4, -0.2) is 23.0 Å². The van der Waals surface area contributed by atoms with Gasteiger partial charge < -0.3 is 0 Å². The molecule has 0 saturated carbocycles. The number of thiol groups is 2. The van der Waals surface area contributed by atoms with Gasteiger partial charge in [0.1, 0.15) is 0 Å². The zero-order valence-corrected chi connectivity index (χ0v) is 15.5. The average molecular weight is 359 g/mol. The maximum atomic E-state index is 3.60. The van der Waals surface area contributed by atoms with Gasteiger partial charge in [-0.15, -0.1) is 49.6 Å². The van der Waals surface area contributed by atoms with E-state index in [0.29, 0.717) is 0 Å². The van der Waals surface area contributed by atoms with Crippen LogP contribution in [0.4, 0.5) is 0 Å². The molecule has 0 aromatic carbocycles. The molecule has 0 atom stereocenters. The molecule has 0 spiro atoms. The highest BCUT2D eigenvalue weighted by atomic mass is 33.1. The molecule has 0 bridgehead atoms. The predicted molar refractivity (Wildman–Crippen MR) is 109 cm³/mol. The monoisotopic (exact) mass is 358 g/mol. The van der Waals surface area contributed by atoms with Gasteiger partial charge in [0.15, 0.2) is 0 Å². The summed E-state index contributed by atoms with van der Waals surface area (Å²) in [4.78, 5) is 0. The van der Waals surface area contributed by atoms with Gasteiger partial charge in [-0.05, 0) is 0 Å². The first-order valence-electron chi connectivity index (χ1n) is 4.95. The van der Waals surface area contributed by atoms with E-state index in [1.807, 2.05) is 24.3 Å². The van der Waals surface area contributed by atoms with Crippen LogP contribution < -0.4 is 0 Å². The summed E-state index contributed by atoms with van der Waals surface area (Å²) >= 11 is 6.44. The van der Waals surface area contributed by atoms with Crippen molar-refractivity contribution in [2.45, 2.75) is 0 Å². The molecule has 0 N–H and O–H groups in total. The molecule has 0 unspecified atom stereocenters. The zero-order valence-electron chi connectivity index (χ0n) is 10.5. The maximum absolute atomic E-state index is 3.60. The molecular weight excluding hydrogens is 337 g/mol. The lowest BCUT2D eigenvalue weighted by atomic mass is 10.8. The molecule has 0 heterocycles. The minimum absolute atomic E-state index is 1.03. The van der Waals surface area contributed by atoms with E-state index >= 15 is 0 Å². The van der Waals surface area contributed by atoms with Crippen LogP contribution in [0.15, 0.2) is 50.6 Å². The third-order valence-corrected chi connectivity index (χ3v) is 5.36. The van der Waals surface area contributed by atoms with Gasteiger partial charge in [-0.25, -0.2) is 0 Å². The van der Waals surface area contributed by atoms with E-state index in [0.717, 1.165) is 23.0 Å².